The van der Waals surface area contributed by atoms with Crippen molar-refractivity contribution in [1.82, 2.24) is 19.6 Å². The molecule has 0 radical (unpaired) electrons. The van der Waals surface area contributed by atoms with Crippen LogP contribution in [0.1, 0.15) is 16.8 Å². The standard InChI is InChI=1S/C14H14ClN5O/c1-8-3-5-10(6-4-8)7-16-13-18-14-17-9(2)11(15)12(21)20(14)19-13/h3-6H,7H2,1-2H3,(H2,16,17,18,19). The van der Waals surface area contributed by atoms with Crippen molar-refractivity contribution in [3.05, 3.63) is 56.5 Å². The molecule has 2 aromatic heterocycles. The summed E-state index contributed by atoms with van der Waals surface area (Å²) in [6.07, 6.45) is 0. The van der Waals surface area contributed by atoms with Gasteiger partial charge in [-0.25, -0.2) is 4.98 Å². The molecule has 2 N–H and O–H groups in total. The van der Waals surface area contributed by atoms with Crippen LogP contribution in [0.5, 0.6) is 0 Å². The number of rotatable bonds is 3. The Labute approximate surface area is 125 Å². The third-order valence-electron chi connectivity index (χ3n) is 3.19. The third kappa shape index (κ3) is 2.62. The number of fused-ring (bicyclic) bond motifs is 1. The molecule has 0 fully saturated rings. The van der Waals surface area contributed by atoms with Crippen LogP contribution in [0.4, 0.5) is 5.95 Å². The molecule has 3 aromatic rings. The molecule has 3 rings (SSSR count). The van der Waals surface area contributed by atoms with Gasteiger partial charge in [-0.05, 0) is 19.4 Å². The fourth-order valence-electron chi connectivity index (χ4n) is 1.97. The molecule has 0 amide bonds. The average Bonchev–Trinajstić information content (AvgIpc) is 2.87. The molecule has 21 heavy (non-hydrogen) atoms. The number of nitrogens with zero attached hydrogens (tertiary/aromatic N) is 3. The first-order valence-electron chi connectivity index (χ1n) is 6.49. The molecule has 0 aliphatic heterocycles. The minimum atomic E-state index is -0.352. The number of aromatic nitrogens is 4. The number of benzene rings is 1. The molecule has 0 bridgehead atoms. The smallest absolute Gasteiger partial charge is 0.293 e. The summed E-state index contributed by atoms with van der Waals surface area (Å²) in [7, 11) is 0. The van der Waals surface area contributed by atoms with Crippen molar-refractivity contribution < 1.29 is 0 Å². The molecule has 2 heterocycles. The molecule has 0 saturated carbocycles. The van der Waals surface area contributed by atoms with E-state index in [-0.39, 0.29) is 10.6 Å². The van der Waals surface area contributed by atoms with Crippen LogP contribution in [-0.2, 0) is 6.54 Å². The van der Waals surface area contributed by atoms with Gasteiger partial charge in [0, 0.05) is 6.54 Å². The normalized spacial score (nSPS) is 11.0. The predicted molar refractivity (Wildman–Crippen MR) is 81.9 cm³/mol. The second-order valence-electron chi connectivity index (χ2n) is 4.86. The lowest BCUT2D eigenvalue weighted by Crippen LogP contribution is -2.17. The van der Waals surface area contributed by atoms with Gasteiger partial charge in [0.1, 0.15) is 5.02 Å². The average molecular weight is 304 g/mol. The van der Waals surface area contributed by atoms with E-state index in [1.807, 2.05) is 31.2 Å². The number of aryl methyl sites for hydroxylation is 2. The Morgan fingerprint density at radius 1 is 1.24 bits per heavy atom. The summed E-state index contributed by atoms with van der Waals surface area (Å²) in [5.41, 5.74) is 2.45. The molecule has 0 aliphatic carbocycles. The van der Waals surface area contributed by atoms with Crippen LogP contribution >= 0.6 is 11.6 Å². The Balaban J connectivity index is 1.86. The zero-order valence-electron chi connectivity index (χ0n) is 11.6. The largest absolute Gasteiger partial charge is 0.351 e. The molecule has 0 saturated heterocycles. The maximum absolute atomic E-state index is 12.0. The molecule has 0 spiro atoms. The van der Waals surface area contributed by atoms with Crippen LogP contribution in [0.3, 0.4) is 0 Å². The highest BCUT2D eigenvalue weighted by atomic mass is 35.5. The van der Waals surface area contributed by atoms with Gasteiger partial charge in [0.25, 0.3) is 11.3 Å². The monoisotopic (exact) mass is 303 g/mol. The third-order valence-corrected chi connectivity index (χ3v) is 3.62. The Kier molecular flexibility index (Phi) is 3.39. The first kappa shape index (κ1) is 13.6. The summed E-state index contributed by atoms with van der Waals surface area (Å²) in [5.74, 6) is 0.773. The lowest BCUT2D eigenvalue weighted by atomic mass is 10.1. The van der Waals surface area contributed by atoms with Gasteiger partial charge < -0.3 is 5.32 Å². The van der Waals surface area contributed by atoms with Crippen LogP contribution in [-0.4, -0.2) is 19.6 Å². The summed E-state index contributed by atoms with van der Waals surface area (Å²) in [6, 6.07) is 8.17. The Morgan fingerprint density at radius 3 is 2.67 bits per heavy atom. The topological polar surface area (TPSA) is 75.1 Å². The number of hydrogen-bond acceptors (Lipinski definition) is 4. The van der Waals surface area contributed by atoms with E-state index in [0.717, 1.165) is 5.56 Å². The lowest BCUT2D eigenvalue weighted by molar-refractivity contribution is 0.886. The molecule has 0 aliphatic rings. The second-order valence-corrected chi connectivity index (χ2v) is 5.24. The van der Waals surface area contributed by atoms with Crippen molar-refractivity contribution in [2.75, 3.05) is 5.32 Å². The van der Waals surface area contributed by atoms with Crippen LogP contribution < -0.4 is 10.9 Å². The van der Waals surface area contributed by atoms with E-state index in [1.165, 1.54) is 10.1 Å². The van der Waals surface area contributed by atoms with Gasteiger partial charge in [-0.3, -0.25) is 9.89 Å². The number of H-pyrrole nitrogens is 1. The molecular formula is C14H14ClN5O. The molecule has 6 nitrogen and oxygen atoms in total. The zero-order valence-corrected chi connectivity index (χ0v) is 12.4. The summed E-state index contributed by atoms with van der Waals surface area (Å²) >= 11 is 5.89. The SMILES string of the molecule is Cc1ccc(CNc2nc3nc(C)c(Cl)c(=O)n3[nH]2)cc1. The van der Waals surface area contributed by atoms with E-state index in [4.69, 9.17) is 11.6 Å². The predicted octanol–water partition coefficient (Wildman–Crippen LogP) is 2.30. The van der Waals surface area contributed by atoms with Crippen LogP contribution in [0.25, 0.3) is 5.78 Å². The summed E-state index contributed by atoms with van der Waals surface area (Å²) < 4.78 is 1.23. The minimum absolute atomic E-state index is 0.0984. The minimum Gasteiger partial charge on any atom is -0.351 e. The van der Waals surface area contributed by atoms with Crippen LogP contribution in [0.15, 0.2) is 29.1 Å². The van der Waals surface area contributed by atoms with Crippen molar-refractivity contribution in [3.63, 3.8) is 0 Å². The van der Waals surface area contributed by atoms with Gasteiger partial charge in [0.05, 0.1) is 5.69 Å². The highest BCUT2D eigenvalue weighted by Gasteiger charge is 2.11. The highest BCUT2D eigenvalue weighted by molar-refractivity contribution is 6.31. The van der Waals surface area contributed by atoms with E-state index < -0.39 is 0 Å². The Hall–Kier alpha value is -2.34. The van der Waals surface area contributed by atoms with Crippen molar-refractivity contribution in [2.24, 2.45) is 0 Å². The molecular weight excluding hydrogens is 290 g/mol. The van der Waals surface area contributed by atoms with E-state index in [9.17, 15) is 4.79 Å². The first-order valence-corrected chi connectivity index (χ1v) is 6.86. The van der Waals surface area contributed by atoms with Gasteiger partial charge in [-0.1, -0.05) is 41.4 Å². The molecule has 7 heteroatoms. The fourth-order valence-corrected chi connectivity index (χ4v) is 2.10. The summed E-state index contributed by atoms with van der Waals surface area (Å²) in [4.78, 5) is 20.4. The number of halogens is 1. The fraction of sp³-hybridized carbons (Fsp3) is 0.214. The van der Waals surface area contributed by atoms with E-state index in [2.05, 4.69) is 20.4 Å². The van der Waals surface area contributed by atoms with E-state index >= 15 is 0 Å². The number of hydrogen-bond donors (Lipinski definition) is 2. The van der Waals surface area contributed by atoms with Crippen molar-refractivity contribution in [2.45, 2.75) is 20.4 Å². The van der Waals surface area contributed by atoms with Gasteiger partial charge in [0.15, 0.2) is 0 Å². The van der Waals surface area contributed by atoms with Crippen LogP contribution in [0.2, 0.25) is 5.02 Å². The highest BCUT2D eigenvalue weighted by Crippen LogP contribution is 2.10. The van der Waals surface area contributed by atoms with Crippen molar-refractivity contribution in [1.29, 1.82) is 0 Å². The van der Waals surface area contributed by atoms with E-state index in [1.54, 1.807) is 6.92 Å². The molecule has 1 aromatic carbocycles. The van der Waals surface area contributed by atoms with Gasteiger partial charge in [-0.15, -0.1) is 0 Å². The molecule has 0 unspecified atom stereocenters. The number of anilines is 1. The summed E-state index contributed by atoms with van der Waals surface area (Å²) in [5, 5.41) is 6.07. The number of nitrogens with one attached hydrogen (secondary N) is 2. The molecule has 108 valence electrons. The molecule has 0 atom stereocenters. The number of aromatic amines is 1. The maximum Gasteiger partial charge on any atom is 0.293 e. The lowest BCUT2D eigenvalue weighted by Gasteiger charge is -2.02. The quantitative estimate of drug-likeness (QED) is 0.778. The first-order chi connectivity index (χ1) is 10.0. The van der Waals surface area contributed by atoms with E-state index in [0.29, 0.717) is 24.0 Å². The van der Waals surface area contributed by atoms with Gasteiger partial charge in [0.2, 0.25) is 5.95 Å². The van der Waals surface area contributed by atoms with Crippen LogP contribution in [0, 0.1) is 13.8 Å². The second kappa shape index (κ2) is 5.21. The van der Waals surface area contributed by atoms with Crippen molar-refractivity contribution >= 4 is 23.3 Å². The zero-order chi connectivity index (χ0) is 15.0. The summed E-state index contributed by atoms with van der Waals surface area (Å²) in [6.45, 7) is 4.32. The Morgan fingerprint density at radius 2 is 1.95 bits per heavy atom. The Bertz CT molecular complexity index is 850. The van der Waals surface area contributed by atoms with Crippen molar-refractivity contribution in [3.8, 4) is 0 Å². The van der Waals surface area contributed by atoms with Gasteiger partial charge in [-0.2, -0.15) is 9.50 Å². The maximum atomic E-state index is 12.0. The van der Waals surface area contributed by atoms with Gasteiger partial charge >= 0.3 is 0 Å².